The Balaban J connectivity index is 2.48. The summed E-state index contributed by atoms with van der Waals surface area (Å²) in [6.07, 6.45) is 2.14. The zero-order valence-electron chi connectivity index (χ0n) is 12.2. The fraction of sp³-hybridized carbons (Fsp3) is 0.357. The molecule has 8 heteroatoms. The van der Waals surface area contributed by atoms with Crippen LogP contribution in [0.25, 0.3) is 0 Å². The van der Waals surface area contributed by atoms with Crippen molar-refractivity contribution in [1.29, 1.82) is 0 Å². The lowest BCUT2D eigenvalue weighted by Gasteiger charge is -2.27. The maximum atomic E-state index is 13.3. The third kappa shape index (κ3) is 3.84. The molecule has 0 aliphatic heterocycles. The van der Waals surface area contributed by atoms with E-state index in [-0.39, 0.29) is 5.92 Å². The van der Waals surface area contributed by atoms with Gasteiger partial charge in [-0.25, -0.2) is 13.6 Å². The third-order valence-corrected chi connectivity index (χ3v) is 5.99. The molecular formula is C14H17ClFN3OS2. The Morgan fingerprint density at radius 2 is 2.18 bits per heavy atom. The minimum absolute atomic E-state index is 0.203. The van der Waals surface area contributed by atoms with Gasteiger partial charge in [-0.1, -0.05) is 17.7 Å². The number of thiazole rings is 1. The fourth-order valence-electron chi connectivity index (χ4n) is 2.18. The van der Waals surface area contributed by atoms with Crippen LogP contribution in [0.1, 0.15) is 36.6 Å². The standard InChI is InChI=1S/C14H17ClFN3OS2/c1-14(2,22(18)20)6-10(12-7-19-13(17)21-12)9-4-3-8(16)5-11(9)15/h3-5,7,10H,6,18H2,1-2H3,(H2,17,19)/t10-,22?/m1/s1. The first-order valence-corrected chi connectivity index (χ1v) is 8.94. The van der Waals surface area contributed by atoms with E-state index in [2.05, 4.69) is 4.98 Å². The van der Waals surface area contributed by atoms with E-state index in [1.807, 2.05) is 13.8 Å². The van der Waals surface area contributed by atoms with Crippen molar-refractivity contribution in [1.82, 2.24) is 4.98 Å². The molecule has 0 radical (unpaired) electrons. The predicted molar refractivity (Wildman–Crippen MR) is 90.8 cm³/mol. The fourth-order valence-corrected chi connectivity index (χ4v) is 3.62. The van der Waals surface area contributed by atoms with Crippen molar-refractivity contribution in [3.63, 3.8) is 0 Å². The lowest BCUT2D eigenvalue weighted by molar-refractivity contribution is 0.558. The molecule has 0 aliphatic carbocycles. The van der Waals surface area contributed by atoms with Gasteiger partial charge in [0, 0.05) is 22.0 Å². The average Bonchev–Trinajstić information content (AvgIpc) is 2.83. The van der Waals surface area contributed by atoms with Crippen LogP contribution in [-0.4, -0.2) is 13.9 Å². The summed E-state index contributed by atoms with van der Waals surface area (Å²) in [7, 11) is -1.51. The van der Waals surface area contributed by atoms with Crippen molar-refractivity contribution in [3.8, 4) is 0 Å². The molecule has 2 atom stereocenters. The van der Waals surface area contributed by atoms with Gasteiger partial charge in [0.15, 0.2) is 5.13 Å². The van der Waals surface area contributed by atoms with Crippen LogP contribution in [0.15, 0.2) is 24.4 Å². The molecule has 1 aromatic carbocycles. The summed E-state index contributed by atoms with van der Waals surface area (Å²) in [5.41, 5.74) is 6.45. The molecule has 2 rings (SSSR count). The number of hydrogen-bond acceptors (Lipinski definition) is 4. The van der Waals surface area contributed by atoms with E-state index in [1.165, 1.54) is 23.5 Å². The lowest BCUT2D eigenvalue weighted by Crippen LogP contribution is -2.33. The topological polar surface area (TPSA) is 82.0 Å². The molecule has 0 spiro atoms. The van der Waals surface area contributed by atoms with Crippen molar-refractivity contribution in [2.75, 3.05) is 5.73 Å². The summed E-state index contributed by atoms with van der Waals surface area (Å²) in [4.78, 5) is 4.94. The molecule has 1 aromatic heterocycles. The van der Waals surface area contributed by atoms with Crippen LogP contribution >= 0.6 is 22.9 Å². The zero-order valence-corrected chi connectivity index (χ0v) is 14.6. The number of rotatable bonds is 5. The lowest BCUT2D eigenvalue weighted by atomic mass is 9.89. The smallest absolute Gasteiger partial charge is 0.180 e. The first-order chi connectivity index (χ1) is 10.2. The van der Waals surface area contributed by atoms with Gasteiger partial charge in [-0.2, -0.15) is 0 Å². The number of nitrogen functional groups attached to an aromatic ring is 1. The quantitative estimate of drug-likeness (QED) is 0.855. The molecule has 0 saturated carbocycles. The second-order valence-electron chi connectivity index (χ2n) is 5.58. The third-order valence-electron chi connectivity index (χ3n) is 3.46. The highest BCUT2D eigenvalue weighted by molar-refractivity contribution is 7.84. The van der Waals surface area contributed by atoms with Crippen LogP contribution in [0, 0.1) is 5.82 Å². The van der Waals surface area contributed by atoms with Gasteiger partial charge in [-0.3, -0.25) is 5.14 Å². The molecule has 120 valence electrons. The number of anilines is 1. The highest BCUT2D eigenvalue weighted by Crippen LogP contribution is 2.40. The predicted octanol–water partition coefficient (Wildman–Crippen LogP) is 3.44. The van der Waals surface area contributed by atoms with Crippen LogP contribution in [0.3, 0.4) is 0 Å². The van der Waals surface area contributed by atoms with Gasteiger partial charge in [0.2, 0.25) is 0 Å². The van der Waals surface area contributed by atoms with Crippen LogP contribution in [0.2, 0.25) is 5.02 Å². The van der Waals surface area contributed by atoms with Gasteiger partial charge in [-0.15, -0.1) is 11.3 Å². The number of halogens is 2. The maximum absolute atomic E-state index is 13.3. The van der Waals surface area contributed by atoms with E-state index >= 15 is 0 Å². The zero-order chi connectivity index (χ0) is 16.5. The van der Waals surface area contributed by atoms with Crippen LogP contribution in [0.4, 0.5) is 9.52 Å². The Bertz CT molecular complexity index is 705. The molecule has 0 bridgehead atoms. The first-order valence-electron chi connectivity index (χ1n) is 6.53. The molecule has 0 saturated heterocycles. The van der Waals surface area contributed by atoms with Crippen molar-refractivity contribution < 1.29 is 8.60 Å². The van der Waals surface area contributed by atoms with Crippen LogP contribution in [-0.2, 0) is 11.0 Å². The SMILES string of the molecule is CC(C)(C[C@@H](c1cnc(N)s1)c1ccc(F)cc1Cl)S(N)=O. The number of aromatic nitrogens is 1. The Hall–Kier alpha value is -1.02. The van der Waals surface area contributed by atoms with Crippen LogP contribution < -0.4 is 10.9 Å². The minimum Gasteiger partial charge on any atom is -0.375 e. The molecular weight excluding hydrogens is 345 g/mol. The largest absolute Gasteiger partial charge is 0.375 e. The van der Waals surface area contributed by atoms with Gasteiger partial charge >= 0.3 is 0 Å². The number of hydrogen-bond donors (Lipinski definition) is 2. The molecule has 22 heavy (non-hydrogen) atoms. The van der Waals surface area contributed by atoms with Gasteiger partial charge in [-0.05, 0) is 38.0 Å². The number of nitrogens with two attached hydrogens (primary N) is 2. The summed E-state index contributed by atoms with van der Waals surface area (Å²) in [5.74, 6) is -0.608. The molecule has 1 heterocycles. The molecule has 1 unspecified atom stereocenters. The van der Waals surface area contributed by atoms with E-state index in [0.29, 0.717) is 16.6 Å². The summed E-state index contributed by atoms with van der Waals surface area (Å²) in [6.45, 7) is 3.63. The van der Waals surface area contributed by atoms with E-state index in [1.54, 1.807) is 12.3 Å². The van der Waals surface area contributed by atoms with Gasteiger partial charge < -0.3 is 5.73 Å². The average molecular weight is 362 g/mol. The summed E-state index contributed by atoms with van der Waals surface area (Å²) >= 11 is 7.53. The highest BCUT2D eigenvalue weighted by atomic mass is 35.5. The highest BCUT2D eigenvalue weighted by Gasteiger charge is 2.31. The summed E-state index contributed by atoms with van der Waals surface area (Å²) < 4.78 is 24.4. The van der Waals surface area contributed by atoms with E-state index < -0.39 is 21.5 Å². The number of nitrogens with zero attached hydrogens (tertiary/aromatic N) is 1. The Morgan fingerprint density at radius 1 is 1.50 bits per heavy atom. The Kier molecular flexibility index (Phi) is 5.21. The van der Waals surface area contributed by atoms with Crippen LogP contribution in [0.5, 0.6) is 0 Å². The van der Waals surface area contributed by atoms with Gasteiger partial charge in [0.1, 0.15) is 5.82 Å². The van der Waals surface area contributed by atoms with E-state index in [0.717, 1.165) is 10.4 Å². The second kappa shape index (κ2) is 6.62. The minimum atomic E-state index is -1.51. The van der Waals surface area contributed by atoms with Crippen molar-refractivity contribution in [2.24, 2.45) is 5.14 Å². The summed E-state index contributed by atoms with van der Waals surface area (Å²) in [5, 5.41) is 6.33. The number of benzene rings is 1. The van der Waals surface area contributed by atoms with Crippen molar-refractivity contribution >= 4 is 39.1 Å². The summed E-state index contributed by atoms with van der Waals surface area (Å²) in [6, 6.07) is 4.25. The second-order valence-corrected chi connectivity index (χ2v) is 8.78. The molecule has 4 nitrogen and oxygen atoms in total. The monoisotopic (exact) mass is 361 g/mol. The van der Waals surface area contributed by atoms with Gasteiger partial charge in [0.05, 0.1) is 15.7 Å². The molecule has 0 fully saturated rings. The molecule has 4 N–H and O–H groups in total. The van der Waals surface area contributed by atoms with Crippen molar-refractivity contribution in [2.45, 2.75) is 30.9 Å². The van der Waals surface area contributed by atoms with E-state index in [9.17, 15) is 8.60 Å². The first kappa shape index (κ1) is 17.3. The maximum Gasteiger partial charge on any atom is 0.180 e. The van der Waals surface area contributed by atoms with E-state index in [4.69, 9.17) is 22.5 Å². The Morgan fingerprint density at radius 3 is 2.68 bits per heavy atom. The molecule has 0 amide bonds. The van der Waals surface area contributed by atoms with Gasteiger partial charge in [0.25, 0.3) is 0 Å². The molecule has 2 aromatic rings. The van der Waals surface area contributed by atoms with Crippen molar-refractivity contribution in [3.05, 3.63) is 45.7 Å². The molecule has 0 aliphatic rings. The normalized spacial score (nSPS) is 14.8. The Labute approximate surface area is 140 Å².